The zero-order valence-corrected chi connectivity index (χ0v) is 7.97. The molecule has 0 rings (SSSR count). The number of carboxylic acid groups (broad SMARTS) is 1. The van der Waals surface area contributed by atoms with Gasteiger partial charge in [-0.15, -0.1) is 5.92 Å². The topological polar surface area (TPSA) is 66.4 Å². The highest BCUT2D eigenvalue weighted by Crippen LogP contribution is 2.14. The SMILES string of the molecule is CC#CCNC(=O)C(C)(C)C(=O)O. The molecule has 0 radical (unpaired) electrons. The second-order valence-corrected chi connectivity index (χ2v) is 3.04. The van der Waals surface area contributed by atoms with Crippen molar-refractivity contribution in [1.29, 1.82) is 0 Å². The molecule has 0 aromatic rings. The van der Waals surface area contributed by atoms with Gasteiger partial charge in [-0.3, -0.25) is 9.59 Å². The van der Waals surface area contributed by atoms with Gasteiger partial charge in [-0.1, -0.05) is 5.92 Å². The van der Waals surface area contributed by atoms with E-state index < -0.39 is 17.3 Å². The van der Waals surface area contributed by atoms with Crippen LogP contribution >= 0.6 is 0 Å². The van der Waals surface area contributed by atoms with Gasteiger partial charge in [0.2, 0.25) is 5.91 Å². The van der Waals surface area contributed by atoms with Crippen molar-refractivity contribution >= 4 is 11.9 Å². The standard InChI is InChI=1S/C9H13NO3/c1-4-5-6-10-7(11)9(2,3)8(12)13/h6H2,1-3H3,(H,10,11)(H,12,13). The van der Waals surface area contributed by atoms with E-state index in [0.717, 1.165) is 0 Å². The van der Waals surface area contributed by atoms with Gasteiger partial charge < -0.3 is 10.4 Å². The summed E-state index contributed by atoms with van der Waals surface area (Å²) in [5.41, 5.74) is -1.39. The third-order valence-electron chi connectivity index (χ3n) is 1.62. The molecule has 0 unspecified atom stereocenters. The van der Waals surface area contributed by atoms with E-state index in [1.54, 1.807) is 6.92 Å². The lowest BCUT2D eigenvalue weighted by Crippen LogP contribution is -2.42. The molecule has 0 aliphatic rings. The molecular weight excluding hydrogens is 170 g/mol. The normalized spacial score (nSPS) is 9.77. The number of aliphatic carboxylic acids is 1. The number of rotatable bonds is 3. The molecular formula is C9H13NO3. The van der Waals surface area contributed by atoms with Crippen LogP contribution in [0.4, 0.5) is 0 Å². The van der Waals surface area contributed by atoms with Gasteiger partial charge >= 0.3 is 5.97 Å². The third-order valence-corrected chi connectivity index (χ3v) is 1.62. The minimum absolute atomic E-state index is 0.187. The van der Waals surface area contributed by atoms with Gasteiger partial charge in [-0.2, -0.15) is 0 Å². The van der Waals surface area contributed by atoms with E-state index >= 15 is 0 Å². The van der Waals surface area contributed by atoms with Crippen molar-refractivity contribution in [3.63, 3.8) is 0 Å². The quantitative estimate of drug-likeness (QED) is 0.486. The predicted octanol–water partition coefficient (Wildman–Crippen LogP) is 0.237. The molecule has 13 heavy (non-hydrogen) atoms. The summed E-state index contributed by atoms with van der Waals surface area (Å²) in [4.78, 5) is 21.8. The molecule has 2 N–H and O–H groups in total. The lowest BCUT2D eigenvalue weighted by molar-refractivity contribution is -0.153. The van der Waals surface area contributed by atoms with Crippen LogP contribution in [0, 0.1) is 17.3 Å². The summed E-state index contributed by atoms with van der Waals surface area (Å²) in [6.45, 7) is 4.54. The fourth-order valence-electron chi connectivity index (χ4n) is 0.531. The van der Waals surface area contributed by atoms with Crippen molar-refractivity contribution in [2.75, 3.05) is 6.54 Å². The monoisotopic (exact) mass is 183 g/mol. The highest BCUT2D eigenvalue weighted by atomic mass is 16.4. The molecule has 0 bridgehead atoms. The Bertz CT molecular complexity index is 270. The smallest absolute Gasteiger partial charge is 0.318 e. The van der Waals surface area contributed by atoms with E-state index in [9.17, 15) is 9.59 Å². The van der Waals surface area contributed by atoms with Crippen molar-refractivity contribution in [3.8, 4) is 11.8 Å². The molecule has 0 saturated carbocycles. The van der Waals surface area contributed by atoms with Crippen molar-refractivity contribution in [2.45, 2.75) is 20.8 Å². The van der Waals surface area contributed by atoms with Gasteiger partial charge in [0.15, 0.2) is 0 Å². The first-order chi connectivity index (χ1) is 5.92. The summed E-state index contributed by atoms with van der Waals surface area (Å²) in [5.74, 6) is 3.54. The molecule has 1 amide bonds. The lowest BCUT2D eigenvalue weighted by Gasteiger charge is -2.16. The van der Waals surface area contributed by atoms with Crippen LogP contribution in [0.1, 0.15) is 20.8 Å². The van der Waals surface area contributed by atoms with Crippen LogP contribution < -0.4 is 5.32 Å². The van der Waals surface area contributed by atoms with Crippen molar-refractivity contribution in [3.05, 3.63) is 0 Å². The minimum atomic E-state index is -1.39. The summed E-state index contributed by atoms with van der Waals surface area (Å²) in [5, 5.41) is 11.1. The van der Waals surface area contributed by atoms with Gasteiger partial charge in [0.25, 0.3) is 0 Å². The molecule has 0 aromatic heterocycles. The molecule has 0 saturated heterocycles. The summed E-state index contributed by atoms with van der Waals surface area (Å²) in [6.07, 6.45) is 0. The first-order valence-corrected chi connectivity index (χ1v) is 3.84. The van der Waals surface area contributed by atoms with E-state index in [1.165, 1.54) is 13.8 Å². The highest BCUT2D eigenvalue weighted by molar-refractivity contribution is 6.01. The molecule has 4 heteroatoms. The third kappa shape index (κ3) is 3.16. The van der Waals surface area contributed by atoms with Crippen molar-refractivity contribution in [2.24, 2.45) is 5.41 Å². The first kappa shape index (κ1) is 11.5. The molecule has 72 valence electrons. The average molecular weight is 183 g/mol. The second-order valence-electron chi connectivity index (χ2n) is 3.04. The molecule has 0 aromatic carbocycles. The predicted molar refractivity (Wildman–Crippen MR) is 47.9 cm³/mol. The van der Waals surface area contributed by atoms with Crippen LogP contribution in [0.5, 0.6) is 0 Å². The number of hydrogen-bond donors (Lipinski definition) is 2. The Morgan fingerprint density at radius 3 is 2.38 bits per heavy atom. The molecule has 0 atom stereocenters. The number of hydrogen-bond acceptors (Lipinski definition) is 2. The maximum atomic E-state index is 11.2. The Kier molecular flexibility index (Phi) is 3.99. The summed E-state index contributed by atoms with van der Waals surface area (Å²) < 4.78 is 0. The van der Waals surface area contributed by atoms with E-state index in [-0.39, 0.29) is 6.54 Å². The van der Waals surface area contributed by atoms with Crippen LogP contribution in [0.2, 0.25) is 0 Å². The van der Waals surface area contributed by atoms with E-state index in [1.807, 2.05) is 0 Å². The highest BCUT2D eigenvalue weighted by Gasteiger charge is 2.35. The number of carbonyl (C=O) groups excluding carboxylic acids is 1. The lowest BCUT2D eigenvalue weighted by atomic mass is 9.93. The van der Waals surface area contributed by atoms with Crippen LogP contribution in [0.15, 0.2) is 0 Å². The van der Waals surface area contributed by atoms with E-state index in [2.05, 4.69) is 17.2 Å². The Morgan fingerprint density at radius 2 is 2.00 bits per heavy atom. The molecule has 0 aliphatic carbocycles. The zero-order valence-electron chi connectivity index (χ0n) is 7.97. The molecule has 0 aliphatic heterocycles. The average Bonchev–Trinajstić information content (AvgIpc) is 2.04. The zero-order chi connectivity index (χ0) is 10.5. The van der Waals surface area contributed by atoms with Crippen LogP contribution in [-0.2, 0) is 9.59 Å². The van der Waals surface area contributed by atoms with Crippen LogP contribution in [-0.4, -0.2) is 23.5 Å². The Morgan fingerprint density at radius 1 is 1.46 bits per heavy atom. The molecule has 4 nitrogen and oxygen atoms in total. The van der Waals surface area contributed by atoms with Crippen molar-refractivity contribution in [1.82, 2.24) is 5.32 Å². The fourth-order valence-corrected chi connectivity index (χ4v) is 0.531. The van der Waals surface area contributed by atoms with Gasteiger partial charge in [-0.05, 0) is 20.8 Å². The summed E-state index contributed by atoms with van der Waals surface area (Å²) in [6, 6.07) is 0. The first-order valence-electron chi connectivity index (χ1n) is 3.84. The molecule has 0 heterocycles. The van der Waals surface area contributed by atoms with Gasteiger partial charge in [0.05, 0.1) is 6.54 Å². The summed E-state index contributed by atoms with van der Waals surface area (Å²) >= 11 is 0. The van der Waals surface area contributed by atoms with Gasteiger partial charge in [0.1, 0.15) is 5.41 Å². The van der Waals surface area contributed by atoms with Gasteiger partial charge in [-0.25, -0.2) is 0 Å². The van der Waals surface area contributed by atoms with Crippen LogP contribution in [0.3, 0.4) is 0 Å². The number of carbonyl (C=O) groups is 2. The van der Waals surface area contributed by atoms with E-state index in [4.69, 9.17) is 5.11 Å². The molecule has 0 spiro atoms. The largest absolute Gasteiger partial charge is 0.480 e. The molecule has 0 fully saturated rings. The maximum Gasteiger partial charge on any atom is 0.318 e. The Balaban J connectivity index is 4.23. The van der Waals surface area contributed by atoms with Crippen molar-refractivity contribution < 1.29 is 14.7 Å². The minimum Gasteiger partial charge on any atom is -0.480 e. The number of amides is 1. The number of carboxylic acids is 1. The maximum absolute atomic E-state index is 11.2. The van der Waals surface area contributed by atoms with Crippen LogP contribution in [0.25, 0.3) is 0 Å². The van der Waals surface area contributed by atoms with E-state index in [0.29, 0.717) is 0 Å². The number of nitrogens with one attached hydrogen (secondary N) is 1. The van der Waals surface area contributed by atoms with Gasteiger partial charge in [0, 0.05) is 0 Å². The second kappa shape index (κ2) is 4.51. The summed E-state index contributed by atoms with van der Waals surface area (Å²) in [7, 11) is 0. The Hall–Kier alpha value is -1.50. The Labute approximate surface area is 77.3 Å². The fraction of sp³-hybridized carbons (Fsp3) is 0.556.